The lowest BCUT2D eigenvalue weighted by Gasteiger charge is -2.28. The van der Waals surface area contributed by atoms with Gasteiger partial charge in [0.25, 0.3) is 0 Å². The SMILES string of the molecule is CC(=O)N[C@@H](CO)C(=O)N[C@@H](Cc1cnc[nH]1)C(=O)N[C@@H](CC(C)C)C(=O)N[C@@H](Cc1ccc(O)cc1)C(=O)N[C@@H](CC(C)C)C(=O)N[C@@H](C)C(=O)N[C@H](C=O)CCCN=C(N)N. The Kier molecular flexibility index (Phi) is 22.3. The molecule has 7 atom stereocenters. The average Bonchev–Trinajstić information content (AvgIpc) is 3.73. The molecular formula is C41H64N12O10. The van der Waals surface area contributed by atoms with Gasteiger partial charge < -0.3 is 68.7 Å². The normalized spacial score (nSPS) is 14.4. The smallest absolute Gasteiger partial charge is 0.245 e. The first-order valence-corrected chi connectivity index (χ1v) is 20.7. The largest absolute Gasteiger partial charge is 0.508 e. The van der Waals surface area contributed by atoms with Crippen molar-refractivity contribution in [2.24, 2.45) is 28.3 Å². The summed E-state index contributed by atoms with van der Waals surface area (Å²) in [7, 11) is 0. The fourth-order valence-corrected chi connectivity index (χ4v) is 6.22. The Morgan fingerprint density at radius 3 is 1.70 bits per heavy atom. The molecule has 348 valence electrons. The zero-order valence-corrected chi connectivity index (χ0v) is 36.6. The standard InChI is InChI=1S/C41H64N12O10/c1-22(2)14-30(36(59)47-24(5)35(58)49-27(19-54)8-7-13-45-41(42)43)50-38(61)32(16-26-9-11-29(57)12-10-26)52-37(60)31(15-23(3)4)51-39(62)33(17-28-18-44-21-46-28)53-40(63)34(20-55)48-25(6)56/h9-12,18-19,21-24,27,30-34,55,57H,7-8,13-17,20H2,1-6H3,(H,44,46)(H,47,59)(H,48,56)(H,49,58)(H,50,61)(H,51,62)(H,52,60)(H,53,63)(H4,42,43,45)/t24-,27-,30-,31-,32-,33-,34-/m0/s1. The van der Waals surface area contributed by atoms with Gasteiger partial charge in [0.05, 0.1) is 19.0 Å². The van der Waals surface area contributed by atoms with Crippen molar-refractivity contribution in [1.29, 1.82) is 0 Å². The van der Waals surface area contributed by atoms with E-state index in [1.165, 1.54) is 31.6 Å². The van der Waals surface area contributed by atoms with E-state index >= 15 is 0 Å². The Bertz CT molecular complexity index is 1850. The lowest BCUT2D eigenvalue weighted by Crippen LogP contribution is -2.60. The Balaban J connectivity index is 2.36. The van der Waals surface area contributed by atoms with Crippen molar-refractivity contribution in [3.63, 3.8) is 0 Å². The molecule has 1 heterocycles. The number of aliphatic hydroxyl groups excluding tert-OH is 1. The number of carbonyl (C=O) groups excluding carboxylic acids is 8. The van der Waals surface area contributed by atoms with Gasteiger partial charge in [0.15, 0.2) is 5.96 Å². The minimum Gasteiger partial charge on any atom is -0.508 e. The van der Waals surface area contributed by atoms with Crippen molar-refractivity contribution >= 4 is 53.6 Å². The summed E-state index contributed by atoms with van der Waals surface area (Å²) in [5, 5.41) is 37.7. The van der Waals surface area contributed by atoms with E-state index in [1.54, 1.807) is 26.0 Å². The van der Waals surface area contributed by atoms with Gasteiger partial charge in [0.1, 0.15) is 48.3 Å². The van der Waals surface area contributed by atoms with E-state index in [2.05, 4.69) is 52.2 Å². The van der Waals surface area contributed by atoms with E-state index in [0.29, 0.717) is 24.0 Å². The van der Waals surface area contributed by atoms with Crippen LogP contribution in [0.3, 0.4) is 0 Å². The molecule has 0 saturated carbocycles. The van der Waals surface area contributed by atoms with Gasteiger partial charge in [-0.3, -0.25) is 38.6 Å². The molecule has 1 aromatic carbocycles. The molecule has 2 aromatic rings. The van der Waals surface area contributed by atoms with Crippen molar-refractivity contribution in [2.75, 3.05) is 13.2 Å². The van der Waals surface area contributed by atoms with Crippen molar-refractivity contribution < 1.29 is 48.6 Å². The van der Waals surface area contributed by atoms with Crippen LogP contribution in [-0.4, -0.2) is 129 Å². The molecule has 0 aliphatic rings. The molecule has 0 spiro atoms. The Labute approximate surface area is 366 Å². The van der Waals surface area contributed by atoms with Crippen LogP contribution in [0.25, 0.3) is 0 Å². The average molecular weight is 885 g/mol. The van der Waals surface area contributed by atoms with Crippen LogP contribution in [0.5, 0.6) is 5.75 Å². The maximum Gasteiger partial charge on any atom is 0.245 e. The van der Waals surface area contributed by atoms with E-state index in [1.807, 2.05) is 13.8 Å². The number of rotatable bonds is 27. The Morgan fingerprint density at radius 2 is 1.22 bits per heavy atom. The predicted molar refractivity (Wildman–Crippen MR) is 231 cm³/mol. The van der Waals surface area contributed by atoms with Gasteiger partial charge >= 0.3 is 0 Å². The van der Waals surface area contributed by atoms with Gasteiger partial charge in [-0.1, -0.05) is 39.8 Å². The molecule has 2 rings (SSSR count). The fraction of sp³-hybridized carbons (Fsp3) is 0.561. The van der Waals surface area contributed by atoms with Crippen molar-refractivity contribution in [3.8, 4) is 5.75 Å². The number of imidazole rings is 1. The van der Waals surface area contributed by atoms with E-state index < -0.39 is 90.3 Å². The zero-order valence-electron chi connectivity index (χ0n) is 36.6. The zero-order chi connectivity index (χ0) is 47.2. The molecule has 0 bridgehead atoms. The second-order valence-corrected chi connectivity index (χ2v) is 16.0. The van der Waals surface area contributed by atoms with Gasteiger partial charge in [-0.25, -0.2) is 4.98 Å². The van der Waals surface area contributed by atoms with Crippen LogP contribution in [0.2, 0.25) is 0 Å². The minimum absolute atomic E-state index is 0.0418. The van der Waals surface area contributed by atoms with Gasteiger partial charge in [0.2, 0.25) is 41.4 Å². The van der Waals surface area contributed by atoms with Crippen LogP contribution in [-0.2, 0) is 51.2 Å². The van der Waals surface area contributed by atoms with Crippen molar-refractivity contribution in [2.45, 2.75) is 122 Å². The number of aliphatic imine (C=N–C) groups is 1. The number of phenols is 1. The molecule has 1 aromatic heterocycles. The van der Waals surface area contributed by atoms with E-state index in [9.17, 15) is 48.6 Å². The van der Waals surface area contributed by atoms with Crippen LogP contribution >= 0.6 is 0 Å². The number of benzene rings is 1. The van der Waals surface area contributed by atoms with Crippen molar-refractivity contribution in [1.82, 2.24) is 47.2 Å². The molecule has 7 amide bonds. The van der Waals surface area contributed by atoms with Crippen LogP contribution in [0.1, 0.15) is 78.5 Å². The second kappa shape index (κ2) is 26.7. The van der Waals surface area contributed by atoms with E-state index in [-0.39, 0.29) is 62.2 Å². The number of nitrogens with two attached hydrogens (primary N) is 2. The summed E-state index contributed by atoms with van der Waals surface area (Å²) in [6.07, 6.45) is 3.98. The van der Waals surface area contributed by atoms with E-state index in [0.717, 1.165) is 6.92 Å². The highest BCUT2D eigenvalue weighted by molar-refractivity contribution is 5.97. The molecule has 0 radical (unpaired) electrons. The Hall–Kier alpha value is -6.58. The third-order valence-corrected chi connectivity index (χ3v) is 9.39. The quantitative estimate of drug-likeness (QED) is 0.0194. The maximum atomic E-state index is 14.2. The molecule has 22 nitrogen and oxygen atoms in total. The summed E-state index contributed by atoms with van der Waals surface area (Å²) in [4.78, 5) is 116. The monoisotopic (exact) mass is 884 g/mol. The number of hydrogen-bond donors (Lipinski definition) is 12. The number of aromatic nitrogens is 2. The number of aliphatic hydroxyl groups is 1. The maximum absolute atomic E-state index is 14.2. The van der Waals surface area contributed by atoms with Gasteiger partial charge in [-0.2, -0.15) is 0 Å². The number of aldehydes is 1. The number of aromatic hydroxyl groups is 1. The second-order valence-electron chi connectivity index (χ2n) is 16.0. The fourth-order valence-electron chi connectivity index (χ4n) is 6.22. The van der Waals surface area contributed by atoms with Crippen LogP contribution < -0.4 is 48.7 Å². The summed E-state index contributed by atoms with van der Waals surface area (Å²) in [6.45, 7) is 9.31. The number of amides is 7. The summed E-state index contributed by atoms with van der Waals surface area (Å²) in [5.74, 6) is -5.61. The molecule has 0 unspecified atom stereocenters. The van der Waals surface area contributed by atoms with Crippen molar-refractivity contribution in [3.05, 3.63) is 48.0 Å². The Morgan fingerprint density at radius 1 is 0.714 bits per heavy atom. The highest BCUT2D eigenvalue weighted by Gasteiger charge is 2.34. The third-order valence-electron chi connectivity index (χ3n) is 9.39. The molecule has 0 saturated heterocycles. The van der Waals surface area contributed by atoms with Gasteiger partial charge in [-0.05, 0) is 62.1 Å². The summed E-state index contributed by atoms with van der Waals surface area (Å²) in [5.41, 5.74) is 11.6. The lowest BCUT2D eigenvalue weighted by atomic mass is 9.99. The molecule has 63 heavy (non-hydrogen) atoms. The lowest BCUT2D eigenvalue weighted by molar-refractivity contribution is -0.136. The highest BCUT2D eigenvalue weighted by Crippen LogP contribution is 2.14. The number of nitrogens with one attached hydrogen (secondary N) is 8. The first-order valence-electron chi connectivity index (χ1n) is 20.7. The number of hydrogen-bond acceptors (Lipinski definition) is 12. The minimum atomic E-state index is -1.37. The number of guanidine groups is 1. The number of phenolic OH excluding ortho intramolecular Hbond substituents is 1. The first kappa shape index (κ1) is 52.6. The third kappa shape index (κ3) is 19.8. The van der Waals surface area contributed by atoms with Gasteiger partial charge in [-0.15, -0.1) is 0 Å². The number of H-pyrrole nitrogens is 1. The first-order chi connectivity index (χ1) is 29.7. The molecule has 14 N–H and O–H groups in total. The van der Waals surface area contributed by atoms with Crippen LogP contribution in [0.4, 0.5) is 0 Å². The summed E-state index contributed by atoms with van der Waals surface area (Å²) >= 11 is 0. The van der Waals surface area contributed by atoms with Gasteiger partial charge in [0, 0.05) is 38.2 Å². The topological polar surface area (TPSA) is 354 Å². The summed E-state index contributed by atoms with van der Waals surface area (Å²) < 4.78 is 0. The molecule has 0 fully saturated rings. The molecule has 0 aliphatic heterocycles. The van der Waals surface area contributed by atoms with Crippen LogP contribution in [0.15, 0.2) is 41.8 Å². The van der Waals surface area contributed by atoms with Crippen LogP contribution in [0, 0.1) is 11.8 Å². The number of aromatic amines is 1. The molecule has 22 heteroatoms. The van der Waals surface area contributed by atoms with E-state index in [4.69, 9.17) is 11.5 Å². The number of nitrogens with zero attached hydrogens (tertiary/aromatic N) is 2. The highest BCUT2D eigenvalue weighted by atomic mass is 16.3. The predicted octanol–water partition coefficient (Wildman–Crippen LogP) is -2.33. The molecule has 0 aliphatic carbocycles. The number of carbonyl (C=O) groups is 8. The summed E-state index contributed by atoms with van der Waals surface area (Å²) in [6, 6.07) is -2.59. The molecular weight excluding hydrogens is 821 g/mol.